The molecule has 0 saturated heterocycles. The van der Waals surface area contributed by atoms with Gasteiger partial charge in [-0.15, -0.1) is 10.2 Å². The van der Waals surface area contributed by atoms with Crippen molar-refractivity contribution in [1.82, 2.24) is 15.5 Å². The van der Waals surface area contributed by atoms with Crippen LogP contribution < -0.4 is 5.32 Å². The lowest BCUT2D eigenvalue weighted by molar-refractivity contribution is -0.120. The topological polar surface area (TPSA) is 78.7 Å². The lowest BCUT2D eigenvalue weighted by Crippen LogP contribution is -2.49. The van der Waals surface area contributed by atoms with E-state index in [4.69, 9.17) is 0 Å². The summed E-state index contributed by atoms with van der Waals surface area (Å²) in [5.74, 6) is 1.82. The molecule has 0 bridgehead atoms. The molecule has 1 N–H and O–H groups in total. The van der Waals surface area contributed by atoms with Gasteiger partial charge in [-0.05, 0) is 18.8 Å². The van der Waals surface area contributed by atoms with E-state index in [0.717, 1.165) is 46.5 Å². The molecule has 8 heteroatoms. The van der Waals surface area contributed by atoms with Gasteiger partial charge >= 0.3 is 0 Å². The van der Waals surface area contributed by atoms with E-state index < -0.39 is 5.54 Å². The molecular formula is C15H22N4OS3. The normalized spacial score (nSPS) is 17.0. The van der Waals surface area contributed by atoms with Crippen LogP contribution in [0.1, 0.15) is 46.0 Å². The van der Waals surface area contributed by atoms with Gasteiger partial charge in [0.05, 0.1) is 11.8 Å². The summed E-state index contributed by atoms with van der Waals surface area (Å²) in [5.41, 5.74) is -0.657. The molecule has 2 rings (SSSR count). The van der Waals surface area contributed by atoms with E-state index in [1.165, 1.54) is 23.1 Å². The Morgan fingerprint density at radius 1 is 1.30 bits per heavy atom. The van der Waals surface area contributed by atoms with Gasteiger partial charge in [-0.25, -0.2) is 0 Å². The number of carbonyl (C=O) groups is 1. The number of hydrogen-bond acceptors (Lipinski definition) is 7. The highest BCUT2D eigenvalue weighted by Gasteiger charge is 2.33. The number of hydrogen-bond donors (Lipinski definition) is 1. The Labute approximate surface area is 150 Å². The lowest BCUT2D eigenvalue weighted by Gasteiger charge is -2.31. The van der Waals surface area contributed by atoms with Gasteiger partial charge in [0.2, 0.25) is 5.91 Å². The molecule has 0 radical (unpaired) electrons. The third-order valence-electron chi connectivity index (χ3n) is 3.55. The number of nitriles is 1. The molecule has 0 aromatic carbocycles. The van der Waals surface area contributed by atoms with Gasteiger partial charge in [0, 0.05) is 5.75 Å². The standard InChI is InChI=1S/C15H22N4OS3/c1-11(2)8-21-13-18-19-14(23-13)22-9-12(20)17-15(10-16)6-4-3-5-7-15/h11H,3-9H2,1-2H3,(H,17,20). The Kier molecular flexibility index (Phi) is 7.18. The first-order valence-electron chi connectivity index (χ1n) is 7.84. The average molecular weight is 371 g/mol. The molecule has 1 fully saturated rings. The Morgan fingerprint density at radius 2 is 1.96 bits per heavy atom. The van der Waals surface area contributed by atoms with Gasteiger partial charge in [0.1, 0.15) is 5.54 Å². The Bertz CT molecular complexity index is 561. The van der Waals surface area contributed by atoms with Crippen molar-refractivity contribution in [3.63, 3.8) is 0 Å². The van der Waals surface area contributed by atoms with Crippen LogP contribution in [0.25, 0.3) is 0 Å². The third kappa shape index (κ3) is 5.98. The van der Waals surface area contributed by atoms with E-state index in [0.29, 0.717) is 5.92 Å². The zero-order valence-electron chi connectivity index (χ0n) is 13.5. The van der Waals surface area contributed by atoms with E-state index in [9.17, 15) is 10.1 Å². The number of nitrogens with one attached hydrogen (secondary N) is 1. The van der Waals surface area contributed by atoms with Crippen LogP contribution in [0, 0.1) is 17.2 Å². The van der Waals surface area contributed by atoms with E-state index in [-0.39, 0.29) is 11.7 Å². The Balaban J connectivity index is 1.79. The average Bonchev–Trinajstić information content (AvgIpc) is 3.00. The number of thioether (sulfide) groups is 2. The van der Waals surface area contributed by atoms with Gasteiger partial charge in [-0.2, -0.15) is 5.26 Å². The van der Waals surface area contributed by atoms with Crippen molar-refractivity contribution in [2.24, 2.45) is 5.92 Å². The number of rotatable bonds is 7. The molecule has 0 aliphatic heterocycles. The first kappa shape index (κ1) is 18.6. The Hall–Kier alpha value is -0.780. The van der Waals surface area contributed by atoms with Gasteiger partial charge in [0.25, 0.3) is 0 Å². The minimum atomic E-state index is -0.657. The van der Waals surface area contributed by atoms with Gasteiger partial charge in [-0.3, -0.25) is 4.79 Å². The summed E-state index contributed by atoms with van der Waals surface area (Å²) in [6, 6.07) is 2.31. The first-order chi connectivity index (χ1) is 11.0. The predicted molar refractivity (Wildman–Crippen MR) is 95.8 cm³/mol. The van der Waals surface area contributed by atoms with Crippen molar-refractivity contribution in [2.45, 2.75) is 60.2 Å². The maximum atomic E-state index is 12.1. The second-order valence-corrected chi connectivity index (χ2v) is 9.60. The maximum Gasteiger partial charge on any atom is 0.231 e. The number of amides is 1. The summed E-state index contributed by atoms with van der Waals surface area (Å²) in [7, 11) is 0. The zero-order valence-corrected chi connectivity index (χ0v) is 16.0. The van der Waals surface area contributed by atoms with Crippen LogP contribution >= 0.6 is 34.9 Å². The quantitative estimate of drug-likeness (QED) is 0.737. The first-order valence-corrected chi connectivity index (χ1v) is 10.6. The van der Waals surface area contributed by atoms with Crippen molar-refractivity contribution in [1.29, 1.82) is 5.26 Å². The molecule has 23 heavy (non-hydrogen) atoms. The van der Waals surface area contributed by atoms with Crippen molar-refractivity contribution >= 4 is 40.8 Å². The lowest BCUT2D eigenvalue weighted by atomic mass is 9.83. The summed E-state index contributed by atoms with van der Waals surface area (Å²) in [6.07, 6.45) is 4.68. The summed E-state index contributed by atoms with van der Waals surface area (Å²) in [6.45, 7) is 4.34. The van der Waals surface area contributed by atoms with Crippen molar-refractivity contribution < 1.29 is 4.79 Å². The largest absolute Gasteiger partial charge is 0.337 e. The number of carbonyl (C=O) groups excluding carboxylic acids is 1. The molecule has 126 valence electrons. The minimum absolute atomic E-state index is 0.0926. The minimum Gasteiger partial charge on any atom is -0.337 e. The van der Waals surface area contributed by atoms with Crippen LogP contribution in [-0.2, 0) is 4.79 Å². The fourth-order valence-electron chi connectivity index (χ4n) is 2.40. The van der Waals surface area contributed by atoms with Crippen LogP contribution in [0.15, 0.2) is 8.68 Å². The molecule has 0 spiro atoms. The highest BCUT2D eigenvalue weighted by molar-refractivity contribution is 8.03. The summed E-state index contributed by atoms with van der Waals surface area (Å²) >= 11 is 4.62. The van der Waals surface area contributed by atoms with Crippen molar-refractivity contribution in [3.8, 4) is 6.07 Å². The summed E-state index contributed by atoms with van der Waals surface area (Å²) in [5, 5.41) is 20.6. The summed E-state index contributed by atoms with van der Waals surface area (Å²) in [4.78, 5) is 12.1. The molecule has 1 aliphatic carbocycles. The van der Waals surface area contributed by atoms with Crippen LogP contribution in [0.5, 0.6) is 0 Å². The second-order valence-electron chi connectivity index (χ2n) is 6.13. The van der Waals surface area contributed by atoms with Gasteiger partial charge in [0.15, 0.2) is 8.68 Å². The number of nitrogens with zero attached hydrogens (tertiary/aromatic N) is 3. The second kappa shape index (κ2) is 8.90. The van der Waals surface area contributed by atoms with E-state index in [1.54, 1.807) is 11.8 Å². The molecule has 5 nitrogen and oxygen atoms in total. The van der Waals surface area contributed by atoms with Crippen LogP contribution in [0.2, 0.25) is 0 Å². The molecule has 1 aromatic heterocycles. The van der Waals surface area contributed by atoms with Crippen molar-refractivity contribution in [2.75, 3.05) is 11.5 Å². The molecular weight excluding hydrogens is 348 g/mol. The molecule has 1 saturated carbocycles. The molecule has 0 atom stereocenters. The van der Waals surface area contributed by atoms with Gasteiger partial charge in [-0.1, -0.05) is 68.0 Å². The van der Waals surface area contributed by atoms with Crippen molar-refractivity contribution in [3.05, 3.63) is 0 Å². The predicted octanol–water partition coefficient (Wildman–Crippen LogP) is 3.72. The molecule has 0 unspecified atom stereocenters. The molecule has 1 aliphatic rings. The molecule has 1 amide bonds. The highest BCUT2D eigenvalue weighted by atomic mass is 32.2. The third-order valence-corrected chi connectivity index (χ3v) is 7.17. The maximum absolute atomic E-state index is 12.1. The van der Waals surface area contributed by atoms with Crippen LogP contribution in [-0.4, -0.2) is 33.1 Å². The van der Waals surface area contributed by atoms with Crippen LogP contribution in [0.3, 0.4) is 0 Å². The van der Waals surface area contributed by atoms with Crippen LogP contribution in [0.4, 0.5) is 0 Å². The zero-order chi connectivity index (χ0) is 16.7. The highest BCUT2D eigenvalue weighted by Crippen LogP contribution is 2.30. The van der Waals surface area contributed by atoms with Gasteiger partial charge < -0.3 is 5.32 Å². The fourth-order valence-corrected chi connectivity index (χ4v) is 5.20. The smallest absolute Gasteiger partial charge is 0.231 e. The van der Waals surface area contributed by atoms with E-state index in [2.05, 4.69) is 35.4 Å². The summed E-state index contributed by atoms with van der Waals surface area (Å²) < 4.78 is 1.75. The van der Waals surface area contributed by atoms with E-state index in [1.807, 2.05) is 0 Å². The Morgan fingerprint density at radius 3 is 2.57 bits per heavy atom. The molecule has 1 aromatic rings. The molecule has 1 heterocycles. The SMILES string of the molecule is CC(C)CSc1nnc(SCC(=O)NC2(C#N)CCCCC2)s1. The van der Waals surface area contributed by atoms with E-state index >= 15 is 0 Å². The number of aromatic nitrogens is 2. The fraction of sp³-hybridized carbons (Fsp3) is 0.733. The monoisotopic (exact) mass is 370 g/mol.